The number of aryl methyl sites for hydroxylation is 1. The lowest BCUT2D eigenvalue weighted by Crippen LogP contribution is -2.22. The number of nitrogens with one attached hydrogen (secondary N) is 1. The van der Waals surface area contributed by atoms with Gasteiger partial charge in [0.2, 0.25) is 5.88 Å². The molecule has 0 saturated heterocycles. The minimum atomic E-state index is -1.52. The molecule has 0 fully saturated rings. The van der Waals surface area contributed by atoms with Crippen LogP contribution in [0, 0.1) is 6.92 Å². The van der Waals surface area contributed by atoms with E-state index in [-0.39, 0.29) is 12.0 Å². The minimum absolute atomic E-state index is 0.117. The molecule has 0 bridgehead atoms. The van der Waals surface area contributed by atoms with E-state index in [0.717, 1.165) is 29.7 Å². The van der Waals surface area contributed by atoms with E-state index in [0.29, 0.717) is 46.6 Å². The summed E-state index contributed by atoms with van der Waals surface area (Å²) in [6, 6.07) is 16.9. The maximum Gasteiger partial charge on any atom is 0.257 e. The molecule has 2 aromatic carbocycles. The Balaban J connectivity index is 1.26. The van der Waals surface area contributed by atoms with Crippen LogP contribution in [0.25, 0.3) is 4.91 Å². The first kappa shape index (κ1) is 25.9. The maximum atomic E-state index is 12.0. The molecule has 1 aromatic heterocycles. The van der Waals surface area contributed by atoms with Gasteiger partial charge in [-0.05, 0) is 69.0 Å². The summed E-state index contributed by atoms with van der Waals surface area (Å²) < 4.78 is 32.6. The van der Waals surface area contributed by atoms with Crippen LogP contribution in [0.5, 0.6) is 23.1 Å². The second-order valence-corrected chi connectivity index (χ2v) is 11.2. The Morgan fingerprint density at radius 2 is 1.89 bits per heavy atom. The second-order valence-electron chi connectivity index (χ2n) is 9.98. The summed E-state index contributed by atoms with van der Waals surface area (Å²) in [6.45, 7) is 5.74. The van der Waals surface area contributed by atoms with Gasteiger partial charge in [-0.1, -0.05) is 24.3 Å². The summed E-state index contributed by atoms with van der Waals surface area (Å²) >= 11 is 0. The molecule has 1 amide bonds. The van der Waals surface area contributed by atoms with Gasteiger partial charge < -0.3 is 19.3 Å². The normalized spacial score (nSPS) is 18.5. The van der Waals surface area contributed by atoms with Gasteiger partial charge in [-0.25, -0.2) is 9.19 Å². The molecule has 2 atom stereocenters. The van der Waals surface area contributed by atoms with Gasteiger partial charge in [0, 0.05) is 24.1 Å². The molecule has 0 saturated carbocycles. The molecule has 1 unspecified atom stereocenters. The number of pyridine rings is 1. The fourth-order valence-electron chi connectivity index (χ4n) is 4.44. The molecule has 2 heterocycles. The maximum absolute atomic E-state index is 12.0. The first-order valence-corrected chi connectivity index (χ1v) is 13.6. The molecule has 1 aliphatic carbocycles. The summed E-state index contributed by atoms with van der Waals surface area (Å²) in [5.41, 5.74) is 2.83. The number of aromatic nitrogens is 1. The van der Waals surface area contributed by atoms with E-state index in [1.807, 2.05) is 49.4 Å². The van der Waals surface area contributed by atoms with Crippen molar-refractivity contribution in [2.24, 2.45) is 0 Å². The highest BCUT2D eigenvalue weighted by molar-refractivity contribution is 7.93. The van der Waals surface area contributed by atoms with Crippen LogP contribution in [0.3, 0.4) is 0 Å². The van der Waals surface area contributed by atoms with Gasteiger partial charge in [0.15, 0.2) is 11.0 Å². The number of rotatable bonds is 9. The number of carbonyl (C=O) groups is 1. The van der Waals surface area contributed by atoms with Crippen molar-refractivity contribution in [1.82, 2.24) is 9.71 Å². The molecule has 1 aliphatic heterocycles. The zero-order chi connectivity index (χ0) is 26.9. The Labute approximate surface area is 224 Å². The Hall–Kier alpha value is -3.69. The zero-order valence-corrected chi connectivity index (χ0v) is 22.3. The summed E-state index contributed by atoms with van der Waals surface area (Å²) in [5.74, 6) is 2.27. The number of amides is 1. The van der Waals surface area contributed by atoms with Crippen molar-refractivity contribution in [3.63, 3.8) is 0 Å². The van der Waals surface area contributed by atoms with E-state index in [1.165, 1.54) is 6.08 Å². The van der Waals surface area contributed by atoms with E-state index in [2.05, 4.69) is 15.8 Å². The predicted octanol–water partition coefficient (Wildman–Crippen LogP) is 4.92. The molecule has 0 spiro atoms. The molecule has 198 valence electrons. The third-order valence-corrected chi connectivity index (χ3v) is 7.58. The summed E-state index contributed by atoms with van der Waals surface area (Å²) in [5, 5.41) is 9.85. The van der Waals surface area contributed by atoms with Gasteiger partial charge in [-0.3, -0.25) is 9.52 Å². The quantitative estimate of drug-likeness (QED) is 0.401. The summed E-state index contributed by atoms with van der Waals surface area (Å²) in [6.07, 6.45) is 3.38. The smallest absolute Gasteiger partial charge is 0.257 e. The van der Waals surface area contributed by atoms with Crippen LogP contribution < -0.4 is 18.9 Å². The highest BCUT2D eigenvalue weighted by Gasteiger charge is 2.28. The second kappa shape index (κ2) is 10.6. The van der Waals surface area contributed by atoms with Crippen LogP contribution in [-0.2, 0) is 22.2 Å². The van der Waals surface area contributed by atoms with Crippen LogP contribution in [0.1, 0.15) is 55.2 Å². The van der Waals surface area contributed by atoms with Crippen molar-refractivity contribution in [3.8, 4) is 23.1 Å². The molecular formula is C29H30N2O6S. The number of fused-ring (bicyclic) bond motifs is 1. The van der Waals surface area contributed by atoms with E-state index < -0.39 is 16.6 Å². The summed E-state index contributed by atoms with van der Waals surface area (Å²) in [7, 11) is -1.52. The van der Waals surface area contributed by atoms with Gasteiger partial charge in [0.05, 0.1) is 22.8 Å². The van der Waals surface area contributed by atoms with Crippen LogP contribution in [0.4, 0.5) is 0 Å². The van der Waals surface area contributed by atoms with Crippen molar-refractivity contribution in [2.75, 3.05) is 6.61 Å². The Kier molecular flexibility index (Phi) is 7.23. The standard InChI is InChI=1S/C29H30N2O6S/c1-18-23(13-14-28(30-18)35-16-15-29(2,3)33)37-24-6-4-5-21-22(24)11-12-25(21)36-20-9-7-19(8-10-20)26-17-27(32)31-38(26)34/h4-10,13-14,17,25,33H,11-12,15-16H2,1-3H3,(H,31,32)/t25-,38?/m1/s1. The Morgan fingerprint density at radius 3 is 2.58 bits per heavy atom. The van der Waals surface area contributed by atoms with E-state index in [4.69, 9.17) is 14.2 Å². The number of nitrogens with zero attached hydrogens (tertiary/aromatic N) is 1. The fraction of sp³-hybridized carbons (Fsp3) is 0.310. The van der Waals surface area contributed by atoms with E-state index in [9.17, 15) is 14.1 Å². The van der Waals surface area contributed by atoms with Crippen LogP contribution in [0.15, 0.2) is 60.7 Å². The van der Waals surface area contributed by atoms with Gasteiger partial charge in [0.25, 0.3) is 5.91 Å². The average Bonchev–Trinajstić information content (AvgIpc) is 3.43. The van der Waals surface area contributed by atoms with Crippen molar-refractivity contribution >= 4 is 21.8 Å². The number of hydrogen-bond donors (Lipinski definition) is 2. The molecule has 8 nitrogen and oxygen atoms in total. The Morgan fingerprint density at radius 1 is 1.11 bits per heavy atom. The van der Waals surface area contributed by atoms with Gasteiger partial charge in [0.1, 0.15) is 23.4 Å². The topological polar surface area (TPSA) is 107 Å². The molecular weight excluding hydrogens is 504 g/mol. The third-order valence-electron chi connectivity index (χ3n) is 6.44. The van der Waals surface area contributed by atoms with Gasteiger partial charge in [-0.15, -0.1) is 0 Å². The average molecular weight is 535 g/mol. The zero-order valence-electron chi connectivity index (χ0n) is 21.5. The fourth-order valence-corrected chi connectivity index (χ4v) is 5.35. The number of ether oxygens (including phenoxy) is 3. The van der Waals surface area contributed by atoms with Crippen LogP contribution in [0.2, 0.25) is 0 Å². The molecule has 2 N–H and O–H groups in total. The molecule has 2 aliphatic rings. The lowest BCUT2D eigenvalue weighted by Gasteiger charge is -2.17. The molecule has 38 heavy (non-hydrogen) atoms. The monoisotopic (exact) mass is 534 g/mol. The van der Waals surface area contributed by atoms with Gasteiger partial charge >= 0.3 is 0 Å². The number of carbonyl (C=O) groups excluding carboxylic acids is 1. The first-order chi connectivity index (χ1) is 18.2. The molecule has 9 heteroatoms. The third kappa shape index (κ3) is 5.89. The van der Waals surface area contributed by atoms with Crippen molar-refractivity contribution < 1.29 is 28.3 Å². The minimum Gasteiger partial charge on any atom is -0.486 e. The number of benzene rings is 2. The van der Waals surface area contributed by atoms with E-state index in [1.54, 1.807) is 19.9 Å². The van der Waals surface area contributed by atoms with Crippen LogP contribution in [-0.4, -0.2) is 32.4 Å². The Bertz CT molecular complexity index is 1410. The van der Waals surface area contributed by atoms with Gasteiger partial charge in [-0.2, -0.15) is 0 Å². The highest BCUT2D eigenvalue weighted by Crippen LogP contribution is 2.41. The lowest BCUT2D eigenvalue weighted by atomic mass is 10.1. The first-order valence-electron chi connectivity index (χ1n) is 12.5. The number of hydrogen-bond acceptors (Lipinski definition) is 7. The molecule has 0 radical (unpaired) electrons. The van der Waals surface area contributed by atoms with E-state index >= 15 is 0 Å². The largest absolute Gasteiger partial charge is 0.486 e. The SMILES string of the molecule is Cc1nc(OCCC(C)(C)O)ccc1Oc1cccc2c1CC[C@H]2Oc1ccc(C2=CC(=O)NS2=O)cc1. The highest BCUT2D eigenvalue weighted by atomic mass is 32.2. The molecule has 3 aromatic rings. The van der Waals surface area contributed by atoms with Crippen molar-refractivity contribution in [2.45, 2.75) is 51.7 Å². The van der Waals surface area contributed by atoms with Crippen molar-refractivity contribution in [1.29, 1.82) is 0 Å². The number of aliphatic hydroxyl groups is 1. The van der Waals surface area contributed by atoms with Crippen molar-refractivity contribution in [3.05, 3.63) is 83.1 Å². The predicted molar refractivity (Wildman–Crippen MR) is 144 cm³/mol. The lowest BCUT2D eigenvalue weighted by molar-refractivity contribution is -0.114. The summed E-state index contributed by atoms with van der Waals surface area (Å²) in [4.78, 5) is 16.4. The van der Waals surface area contributed by atoms with Crippen LogP contribution >= 0.6 is 0 Å². The molecule has 5 rings (SSSR count).